The van der Waals surface area contributed by atoms with Crippen LogP contribution in [0.2, 0.25) is 0 Å². The number of rotatable bonds is 14. The van der Waals surface area contributed by atoms with Gasteiger partial charge < -0.3 is 20.1 Å². The number of phenols is 1. The van der Waals surface area contributed by atoms with Crippen molar-refractivity contribution >= 4 is 17.7 Å². The number of aliphatic carboxylic acids is 1. The van der Waals surface area contributed by atoms with Crippen molar-refractivity contribution < 1.29 is 34.4 Å². The summed E-state index contributed by atoms with van der Waals surface area (Å²) in [5.74, 6) is -2.54. The second kappa shape index (κ2) is 14.4. The monoisotopic (exact) mass is 472 g/mol. The van der Waals surface area contributed by atoms with E-state index in [-0.39, 0.29) is 29.9 Å². The minimum Gasteiger partial charge on any atom is -0.507 e. The molecule has 0 unspecified atom stereocenters. The molecule has 0 spiro atoms. The number of carbonyl (C=O) groups excluding carboxylic acids is 2. The molecule has 0 heterocycles. The lowest BCUT2D eigenvalue weighted by molar-refractivity contribution is -0.137. The standard InChI is InChI=1S/C27H36O7/c1-2-3-6-11-19(28)16-17-21-20(12-7-4-5-8-15-26(31)32)24(30)18-25(21)34-27(33)22-13-9-10-14-23(22)29/h4,7,9-10,13-14,16-17,19-21,25,28-29H,2-3,5-6,8,11-12,15,18H2,1H3,(H,31,32)/b7-4-,17-16+/t19-,20+,21+,25+/m0/s1. The second-order valence-corrected chi connectivity index (χ2v) is 8.76. The highest BCUT2D eigenvalue weighted by molar-refractivity contribution is 5.93. The van der Waals surface area contributed by atoms with Crippen LogP contribution in [0.3, 0.4) is 0 Å². The number of aliphatic hydroxyl groups excluding tert-OH is 1. The van der Waals surface area contributed by atoms with Gasteiger partial charge in [-0.15, -0.1) is 0 Å². The maximum Gasteiger partial charge on any atom is 0.342 e. The number of hydrogen-bond acceptors (Lipinski definition) is 6. The Hall–Kier alpha value is -2.93. The lowest BCUT2D eigenvalue weighted by atomic mass is 9.90. The number of aliphatic hydroxyl groups is 1. The highest BCUT2D eigenvalue weighted by atomic mass is 16.5. The molecule has 1 fully saturated rings. The molecule has 1 aromatic carbocycles. The van der Waals surface area contributed by atoms with Crippen molar-refractivity contribution in [1.29, 1.82) is 0 Å². The molecule has 0 bridgehead atoms. The molecular weight excluding hydrogens is 436 g/mol. The van der Waals surface area contributed by atoms with E-state index in [1.54, 1.807) is 24.3 Å². The zero-order chi connectivity index (χ0) is 24.9. The van der Waals surface area contributed by atoms with Gasteiger partial charge in [0.15, 0.2) is 0 Å². The fourth-order valence-electron chi connectivity index (χ4n) is 4.16. The minimum absolute atomic E-state index is 0.0274. The minimum atomic E-state index is -0.837. The van der Waals surface area contributed by atoms with Crippen LogP contribution in [0.4, 0.5) is 0 Å². The molecule has 0 aliphatic heterocycles. The van der Waals surface area contributed by atoms with Gasteiger partial charge in [-0.05, 0) is 37.8 Å². The van der Waals surface area contributed by atoms with Crippen LogP contribution in [0.25, 0.3) is 0 Å². The van der Waals surface area contributed by atoms with E-state index in [9.17, 15) is 24.6 Å². The van der Waals surface area contributed by atoms with Crippen molar-refractivity contribution in [3.05, 3.63) is 54.1 Å². The van der Waals surface area contributed by atoms with E-state index in [1.807, 2.05) is 12.2 Å². The number of hydrogen-bond donors (Lipinski definition) is 3. The van der Waals surface area contributed by atoms with Gasteiger partial charge in [0, 0.05) is 24.7 Å². The van der Waals surface area contributed by atoms with E-state index in [2.05, 4.69) is 6.92 Å². The lowest BCUT2D eigenvalue weighted by Crippen LogP contribution is -2.24. The fourth-order valence-corrected chi connectivity index (χ4v) is 4.16. The first kappa shape index (κ1) is 27.3. The zero-order valence-electron chi connectivity index (χ0n) is 19.8. The van der Waals surface area contributed by atoms with Gasteiger partial charge in [0.2, 0.25) is 0 Å². The quantitative estimate of drug-likeness (QED) is 0.202. The number of aromatic hydroxyl groups is 1. The predicted octanol–water partition coefficient (Wildman–Crippen LogP) is 4.82. The van der Waals surface area contributed by atoms with Gasteiger partial charge in [-0.1, -0.05) is 62.6 Å². The average Bonchev–Trinajstić information content (AvgIpc) is 3.08. The molecule has 0 aromatic heterocycles. The molecule has 4 atom stereocenters. The molecule has 0 amide bonds. The summed E-state index contributed by atoms with van der Waals surface area (Å²) in [4.78, 5) is 36.1. The third-order valence-corrected chi connectivity index (χ3v) is 6.07. The van der Waals surface area contributed by atoms with E-state index in [1.165, 1.54) is 12.1 Å². The van der Waals surface area contributed by atoms with Gasteiger partial charge >= 0.3 is 11.9 Å². The first-order valence-corrected chi connectivity index (χ1v) is 12.1. The molecule has 186 valence electrons. The van der Waals surface area contributed by atoms with E-state index in [0.717, 1.165) is 19.3 Å². The van der Waals surface area contributed by atoms with Crippen LogP contribution in [-0.2, 0) is 14.3 Å². The SMILES string of the molecule is CCCCC[C@H](O)/C=C/[C@H]1[C@H](OC(=O)c2ccccc2O)CC(=O)[C@@H]1C/C=C\CCCC(=O)O. The Morgan fingerprint density at radius 3 is 2.65 bits per heavy atom. The maximum atomic E-state index is 12.8. The van der Waals surface area contributed by atoms with E-state index in [0.29, 0.717) is 25.7 Å². The van der Waals surface area contributed by atoms with Crippen LogP contribution < -0.4 is 0 Å². The number of para-hydroxylation sites is 1. The number of ether oxygens (including phenoxy) is 1. The molecular formula is C27H36O7. The maximum absolute atomic E-state index is 12.8. The van der Waals surface area contributed by atoms with E-state index < -0.39 is 36.0 Å². The molecule has 34 heavy (non-hydrogen) atoms. The van der Waals surface area contributed by atoms with Gasteiger partial charge in [0.25, 0.3) is 0 Å². The smallest absolute Gasteiger partial charge is 0.342 e. The normalized spacial score (nSPS) is 21.4. The molecule has 7 heteroatoms. The van der Waals surface area contributed by atoms with Crippen LogP contribution in [0, 0.1) is 11.8 Å². The fraction of sp³-hybridized carbons (Fsp3) is 0.519. The van der Waals surface area contributed by atoms with Gasteiger partial charge in [-0.25, -0.2) is 4.79 Å². The summed E-state index contributed by atoms with van der Waals surface area (Å²) in [7, 11) is 0. The van der Waals surface area contributed by atoms with Gasteiger partial charge in [0.05, 0.1) is 6.10 Å². The predicted molar refractivity (Wildman–Crippen MR) is 128 cm³/mol. The third kappa shape index (κ3) is 8.78. The highest BCUT2D eigenvalue weighted by Crippen LogP contribution is 2.36. The van der Waals surface area contributed by atoms with E-state index >= 15 is 0 Å². The van der Waals surface area contributed by atoms with Crippen molar-refractivity contribution in [3.63, 3.8) is 0 Å². The molecule has 2 rings (SSSR count). The summed E-state index contributed by atoms with van der Waals surface area (Å²) in [5, 5.41) is 29.0. The summed E-state index contributed by atoms with van der Waals surface area (Å²) >= 11 is 0. The lowest BCUT2D eigenvalue weighted by Gasteiger charge is -2.21. The van der Waals surface area contributed by atoms with Gasteiger partial charge in [-0.2, -0.15) is 0 Å². The molecule has 1 aliphatic carbocycles. The zero-order valence-corrected chi connectivity index (χ0v) is 19.8. The van der Waals surface area contributed by atoms with Crippen molar-refractivity contribution in [1.82, 2.24) is 0 Å². The number of ketones is 1. The number of carboxylic acid groups (broad SMARTS) is 1. The Bertz CT molecular complexity index is 873. The Balaban J connectivity index is 2.10. The molecule has 1 aliphatic rings. The van der Waals surface area contributed by atoms with Gasteiger partial charge in [-0.3, -0.25) is 9.59 Å². The number of benzene rings is 1. The Morgan fingerprint density at radius 2 is 1.94 bits per heavy atom. The molecule has 1 saturated carbocycles. The van der Waals surface area contributed by atoms with E-state index in [4.69, 9.17) is 9.84 Å². The van der Waals surface area contributed by atoms with Crippen molar-refractivity contribution in [2.75, 3.05) is 0 Å². The van der Waals surface area contributed by atoms with Crippen LogP contribution in [0.1, 0.15) is 75.1 Å². The first-order valence-electron chi connectivity index (χ1n) is 12.1. The second-order valence-electron chi connectivity index (χ2n) is 8.76. The number of carboxylic acids is 1. The van der Waals surface area contributed by atoms with Crippen molar-refractivity contribution in [3.8, 4) is 5.75 Å². The Labute approximate surface area is 201 Å². The van der Waals surface area contributed by atoms with Crippen molar-refractivity contribution in [2.45, 2.75) is 76.9 Å². The van der Waals surface area contributed by atoms with Crippen LogP contribution in [0.15, 0.2) is 48.6 Å². The van der Waals surface area contributed by atoms with Crippen molar-refractivity contribution in [2.24, 2.45) is 11.8 Å². The molecule has 1 aromatic rings. The van der Waals surface area contributed by atoms with Crippen LogP contribution in [0.5, 0.6) is 5.75 Å². The molecule has 3 N–H and O–H groups in total. The molecule has 0 saturated heterocycles. The topological polar surface area (TPSA) is 121 Å². The summed E-state index contributed by atoms with van der Waals surface area (Å²) in [5.41, 5.74) is 0.0408. The number of allylic oxidation sites excluding steroid dienone is 2. The van der Waals surface area contributed by atoms with Gasteiger partial charge in [0.1, 0.15) is 23.2 Å². The molecule has 7 nitrogen and oxygen atoms in total. The number of carbonyl (C=O) groups is 3. The number of esters is 1. The summed E-state index contributed by atoms with van der Waals surface area (Å²) in [6.45, 7) is 2.09. The first-order chi connectivity index (χ1) is 16.3. The summed E-state index contributed by atoms with van der Waals surface area (Å²) in [6, 6.07) is 6.10. The number of Topliss-reactive ketones (excluding diaryl/α,β-unsaturated/α-hetero) is 1. The third-order valence-electron chi connectivity index (χ3n) is 6.07. The Kier molecular flexibility index (Phi) is 11.5. The Morgan fingerprint density at radius 1 is 1.18 bits per heavy atom. The molecule has 0 radical (unpaired) electrons. The van der Waals surface area contributed by atoms with Crippen LogP contribution in [-0.4, -0.2) is 45.2 Å². The summed E-state index contributed by atoms with van der Waals surface area (Å²) in [6.07, 6.45) is 11.2. The average molecular weight is 473 g/mol. The summed E-state index contributed by atoms with van der Waals surface area (Å²) < 4.78 is 5.65. The number of phenolic OH excluding ortho intramolecular Hbond substituents is 1. The highest BCUT2D eigenvalue weighted by Gasteiger charge is 2.42. The largest absolute Gasteiger partial charge is 0.507 e. The number of unbranched alkanes of at least 4 members (excludes halogenated alkanes) is 3. The van der Waals surface area contributed by atoms with Crippen LogP contribution >= 0.6 is 0 Å².